The van der Waals surface area contributed by atoms with Crippen LogP contribution in [0.3, 0.4) is 0 Å². The summed E-state index contributed by atoms with van der Waals surface area (Å²) in [6.45, 7) is 8.49. The lowest BCUT2D eigenvalue weighted by molar-refractivity contribution is -0.138. The molecule has 2 aromatic rings. The molecule has 0 aliphatic carbocycles. The molecule has 1 aromatic carbocycles. The molecule has 0 bridgehead atoms. The van der Waals surface area contributed by atoms with Gasteiger partial charge in [-0.05, 0) is 46.8 Å². The zero-order valence-electron chi connectivity index (χ0n) is 17.6. The zero-order valence-corrected chi connectivity index (χ0v) is 18.4. The third-order valence-corrected chi connectivity index (χ3v) is 4.62. The fourth-order valence-electron chi connectivity index (χ4n) is 2.76. The molecule has 0 saturated carbocycles. The molecule has 1 atom stereocenters. The van der Waals surface area contributed by atoms with Gasteiger partial charge < -0.3 is 14.8 Å². The first-order chi connectivity index (χ1) is 13.8. The molecule has 0 aliphatic rings. The summed E-state index contributed by atoms with van der Waals surface area (Å²) in [5.74, 6) is -0.389. The Morgan fingerprint density at radius 3 is 2.43 bits per heavy atom. The molecule has 0 radical (unpaired) electrons. The van der Waals surface area contributed by atoms with Gasteiger partial charge in [0.2, 0.25) is 0 Å². The fourth-order valence-corrected chi connectivity index (χ4v) is 3.05. The normalized spacial score (nSPS) is 13.1. The summed E-state index contributed by atoms with van der Waals surface area (Å²) in [5, 5.41) is 6.82. The Kier molecular flexibility index (Phi) is 6.96. The molecule has 1 heterocycles. The zero-order chi connectivity index (χ0) is 22.9. The predicted octanol–water partition coefficient (Wildman–Crippen LogP) is 5.51. The Balaban J connectivity index is 2.61. The molecule has 0 amide bonds. The number of hydrogen-bond donors (Lipinski definition) is 1. The van der Waals surface area contributed by atoms with E-state index in [4.69, 9.17) is 21.1 Å². The Morgan fingerprint density at radius 1 is 1.30 bits per heavy atom. The Labute approximate surface area is 178 Å². The van der Waals surface area contributed by atoms with Crippen LogP contribution in [0.15, 0.2) is 18.2 Å². The number of aromatic nitrogens is 2. The van der Waals surface area contributed by atoms with Crippen molar-refractivity contribution in [3.05, 3.63) is 28.9 Å². The largest absolute Gasteiger partial charge is 0.496 e. The number of anilines is 1. The highest BCUT2D eigenvalue weighted by Gasteiger charge is 2.36. The van der Waals surface area contributed by atoms with Gasteiger partial charge >= 0.3 is 12.1 Å². The standard InChI is InChI=1S/C20H25ClF3N3O3/c1-7-30-18(28)16-15(21)17(27(26-16)19(3,4)5)13-9-8-12(10-14(13)29-6)25-11(2)20(22,23)24/h8-11,25H,7H2,1-6H3/t11-/m1/s1. The Morgan fingerprint density at radius 2 is 1.93 bits per heavy atom. The van der Waals surface area contributed by atoms with E-state index in [1.807, 2.05) is 20.8 Å². The first-order valence-electron chi connectivity index (χ1n) is 9.29. The summed E-state index contributed by atoms with van der Waals surface area (Å²) in [4.78, 5) is 12.3. The van der Waals surface area contributed by atoms with Crippen molar-refractivity contribution in [2.45, 2.75) is 52.4 Å². The second-order valence-electron chi connectivity index (χ2n) is 7.64. The highest BCUT2D eigenvalue weighted by molar-refractivity contribution is 6.36. The Bertz CT molecular complexity index is 920. The van der Waals surface area contributed by atoms with Crippen molar-refractivity contribution >= 4 is 23.3 Å². The van der Waals surface area contributed by atoms with Crippen LogP contribution >= 0.6 is 11.6 Å². The minimum atomic E-state index is -4.39. The summed E-state index contributed by atoms with van der Waals surface area (Å²) in [7, 11) is 1.40. The highest BCUT2D eigenvalue weighted by Crippen LogP contribution is 2.41. The average Bonchev–Trinajstić information content (AvgIpc) is 2.98. The van der Waals surface area contributed by atoms with Crippen LogP contribution in [-0.2, 0) is 10.3 Å². The second kappa shape index (κ2) is 8.75. The summed E-state index contributed by atoms with van der Waals surface area (Å²) >= 11 is 6.51. The van der Waals surface area contributed by atoms with Gasteiger partial charge in [-0.1, -0.05) is 11.6 Å². The number of carbonyl (C=O) groups is 1. The molecule has 166 valence electrons. The third-order valence-electron chi connectivity index (χ3n) is 4.26. The van der Waals surface area contributed by atoms with Crippen LogP contribution in [0.25, 0.3) is 11.3 Å². The quantitative estimate of drug-likeness (QED) is 0.592. The number of nitrogens with zero attached hydrogens (tertiary/aromatic N) is 2. The lowest BCUT2D eigenvalue weighted by Gasteiger charge is -2.24. The summed E-state index contributed by atoms with van der Waals surface area (Å²) in [6, 6.07) is 2.76. The number of alkyl halides is 3. The van der Waals surface area contributed by atoms with Gasteiger partial charge in [0.05, 0.1) is 24.9 Å². The van der Waals surface area contributed by atoms with Crippen LogP contribution in [0.5, 0.6) is 5.75 Å². The maximum atomic E-state index is 12.9. The van der Waals surface area contributed by atoms with Gasteiger partial charge in [0.25, 0.3) is 0 Å². The number of ether oxygens (including phenoxy) is 2. The number of benzene rings is 1. The second-order valence-corrected chi connectivity index (χ2v) is 8.01. The fraction of sp³-hybridized carbons (Fsp3) is 0.500. The van der Waals surface area contributed by atoms with Gasteiger partial charge in [0.1, 0.15) is 16.8 Å². The molecule has 0 spiro atoms. The molecule has 10 heteroatoms. The monoisotopic (exact) mass is 447 g/mol. The first kappa shape index (κ1) is 23.9. The van der Waals surface area contributed by atoms with Gasteiger partial charge in [-0.3, -0.25) is 4.68 Å². The minimum Gasteiger partial charge on any atom is -0.496 e. The molecule has 0 saturated heterocycles. The number of halogens is 4. The van der Waals surface area contributed by atoms with Crippen LogP contribution in [-0.4, -0.2) is 41.7 Å². The molecular formula is C20H25ClF3N3O3. The molecule has 1 aromatic heterocycles. The van der Waals surface area contributed by atoms with Gasteiger partial charge in [0.15, 0.2) is 5.69 Å². The number of methoxy groups -OCH3 is 1. The average molecular weight is 448 g/mol. The van der Waals surface area contributed by atoms with E-state index < -0.39 is 23.7 Å². The van der Waals surface area contributed by atoms with E-state index in [0.29, 0.717) is 11.3 Å². The van der Waals surface area contributed by atoms with Crippen molar-refractivity contribution in [2.75, 3.05) is 19.0 Å². The molecule has 2 rings (SSSR count). The van der Waals surface area contributed by atoms with Crippen molar-refractivity contribution in [2.24, 2.45) is 0 Å². The molecule has 30 heavy (non-hydrogen) atoms. The lowest BCUT2D eigenvalue weighted by atomic mass is 10.0. The van der Waals surface area contributed by atoms with E-state index in [2.05, 4.69) is 10.4 Å². The van der Waals surface area contributed by atoms with E-state index in [-0.39, 0.29) is 28.8 Å². The van der Waals surface area contributed by atoms with E-state index in [0.717, 1.165) is 6.92 Å². The highest BCUT2D eigenvalue weighted by atomic mass is 35.5. The molecule has 0 fully saturated rings. The van der Waals surface area contributed by atoms with Gasteiger partial charge in [-0.25, -0.2) is 4.79 Å². The van der Waals surface area contributed by atoms with Gasteiger partial charge in [-0.15, -0.1) is 0 Å². The number of carbonyl (C=O) groups excluding carboxylic acids is 1. The van der Waals surface area contributed by atoms with Crippen LogP contribution in [0.1, 0.15) is 45.1 Å². The van der Waals surface area contributed by atoms with Crippen molar-refractivity contribution in [3.63, 3.8) is 0 Å². The van der Waals surface area contributed by atoms with E-state index in [1.54, 1.807) is 17.7 Å². The molecule has 1 N–H and O–H groups in total. The minimum absolute atomic E-state index is 0.0432. The molecule has 6 nitrogen and oxygen atoms in total. The van der Waals surface area contributed by atoms with Gasteiger partial charge in [0, 0.05) is 17.3 Å². The van der Waals surface area contributed by atoms with Crippen LogP contribution in [0.2, 0.25) is 5.02 Å². The summed E-state index contributed by atoms with van der Waals surface area (Å²) in [6.07, 6.45) is -4.39. The number of nitrogens with one attached hydrogen (secondary N) is 1. The summed E-state index contributed by atoms with van der Waals surface area (Å²) < 4.78 is 50.6. The topological polar surface area (TPSA) is 65.4 Å². The van der Waals surface area contributed by atoms with Gasteiger partial charge in [-0.2, -0.15) is 18.3 Å². The van der Waals surface area contributed by atoms with Crippen molar-refractivity contribution < 1.29 is 27.4 Å². The predicted molar refractivity (Wildman–Crippen MR) is 109 cm³/mol. The number of hydrogen-bond acceptors (Lipinski definition) is 5. The van der Waals surface area contributed by atoms with Crippen molar-refractivity contribution in [3.8, 4) is 17.0 Å². The lowest BCUT2D eigenvalue weighted by Crippen LogP contribution is -2.33. The van der Waals surface area contributed by atoms with Crippen molar-refractivity contribution in [1.29, 1.82) is 0 Å². The number of rotatable bonds is 6. The molecule has 0 aliphatic heterocycles. The third kappa shape index (κ3) is 5.00. The van der Waals surface area contributed by atoms with E-state index in [1.165, 1.54) is 19.2 Å². The van der Waals surface area contributed by atoms with Crippen molar-refractivity contribution in [1.82, 2.24) is 9.78 Å². The SMILES string of the molecule is CCOC(=O)c1nn(C(C)(C)C)c(-c2ccc(N[C@H](C)C(F)(F)F)cc2OC)c1Cl. The number of esters is 1. The molecule has 0 unspecified atom stereocenters. The maximum absolute atomic E-state index is 12.9. The van der Waals surface area contributed by atoms with Crippen LogP contribution < -0.4 is 10.1 Å². The Hall–Kier alpha value is -2.42. The van der Waals surface area contributed by atoms with E-state index in [9.17, 15) is 18.0 Å². The maximum Gasteiger partial charge on any atom is 0.408 e. The summed E-state index contributed by atoms with van der Waals surface area (Å²) in [5.41, 5.74) is 0.503. The molecular weight excluding hydrogens is 423 g/mol. The first-order valence-corrected chi connectivity index (χ1v) is 9.66. The van der Waals surface area contributed by atoms with Crippen LogP contribution in [0.4, 0.5) is 18.9 Å². The van der Waals surface area contributed by atoms with Crippen LogP contribution in [0, 0.1) is 0 Å². The smallest absolute Gasteiger partial charge is 0.408 e. The van der Waals surface area contributed by atoms with E-state index >= 15 is 0 Å².